The molecular weight excluding hydrogens is 290 g/mol. The molecule has 0 unspecified atom stereocenters. The first-order valence-corrected chi connectivity index (χ1v) is 8.68. The SMILES string of the molecule is CC1(C)OC(=O)[C@@]2([C@H]3CCCO3)N3C(=O)C[C@H]3SC[C@@]12C. The average molecular weight is 311 g/mol. The van der Waals surface area contributed by atoms with Crippen LogP contribution in [0.25, 0.3) is 0 Å². The second-order valence-electron chi connectivity index (χ2n) is 7.23. The molecule has 0 bridgehead atoms. The van der Waals surface area contributed by atoms with Crippen molar-refractivity contribution in [3.05, 3.63) is 0 Å². The molecular formula is C15H21NO4S. The van der Waals surface area contributed by atoms with E-state index in [1.54, 1.807) is 16.7 Å². The van der Waals surface area contributed by atoms with Crippen molar-refractivity contribution >= 4 is 23.6 Å². The van der Waals surface area contributed by atoms with Gasteiger partial charge in [-0.3, -0.25) is 4.79 Å². The molecule has 4 aliphatic heterocycles. The van der Waals surface area contributed by atoms with Gasteiger partial charge in [0.1, 0.15) is 5.60 Å². The summed E-state index contributed by atoms with van der Waals surface area (Å²) in [4.78, 5) is 27.1. The van der Waals surface area contributed by atoms with Crippen molar-refractivity contribution in [1.82, 2.24) is 4.90 Å². The molecule has 4 fully saturated rings. The Balaban J connectivity index is 1.92. The second-order valence-corrected chi connectivity index (χ2v) is 8.40. The van der Waals surface area contributed by atoms with Gasteiger partial charge in [-0.1, -0.05) is 6.92 Å². The number of rotatable bonds is 1. The fraction of sp³-hybridized carbons (Fsp3) is 0.867. The van der Waals surface area contributed by atoms with Crippen molar-refractivity contribution in [2.45, 2.75) is 62.7 Å². The van der Waals surface area contributed by atoms with Crippen LogP contribution in [0, 0.1) is 5.41 Å². The van der Waals surface area contributed by atoms with Crippen LogP contribution < -0.4 is 0 Å². The molecule has 116 valence electrons. The van der Waals surface area contributed by atoms with E-state index < -0.39 is 16.6 Å². The molecule has 0 radical (unpaired) electrons. The van der Waals surface area contributed by atoms with E-state index in [2.05, 4.69) is 6.92 Å². The van der Waals surface area contributed by atoms with Gasteiger partial charge in [-0.25, -0.2) is 4.79 Å². The van der Waals surface area contributed by atoms with Gasteiger partial charge in [0.15, 0.2) is 5.54 Å². The van der Waals surface area contributed by atoms with Gasteiger partial charge in [0.05, 0.1) is 23.3 Å². The lowest BCUT2D eigenvalue weighted by atomic mass is 9.60. The second kappa shape index (κ2) is 3.96. The molecule has 0 saturated carbocycles. The maximum atomic E-state index is 13.0. The summed E-state index contributed by atoms with van der Waals surface area (Å²) in [5.74, 6) is 0.615. The Bertz CT molecular complexity index is 530. The van der Waals surface area contributed by atoms with Crippen LogP contribution in [0.2, 0.25) is 0 Å². The Labute approximate surface area is 128 Å². The van der Waals surface area contributed by atoms with Crippen molar-refractivity contribution in [2.24, 2.45) is 5.41 Å². The van der Waals surface area contributed by atoms with Crippen LogP contribution in [0.15, 0.2) is 0 Å². The molecule has 0 aromatic carbocycles. The molecule has 4 heterocycles. The standard InChI is InChI=1S/C15H21NO4S/c1-13(2)14(3)8-21-11-7-10(17)16(11)15(14,12(18)20-13)9-5-4-6-19-9/h9,11H,4-8H2,1-3H3/t9-,11-,14+,15-/m1/s1. The lowest BCUT2D eigenvalue weighted by Crippen LogP contribution is -2.79. The molecule has 6 heteroatoms. The van der Waals surface area contributed by atoms with Gasteiger partial charge in [0, 0.05) is 12.4 Å². The predicted octanol–water partition coefficient (Wildman–Crippen LogP) is 1.55. The lowest BCUT2D eigenvalue weighted by molar-refractivity contribution is -0.182. The van der Waals surface area contributed by atoms with Crippen LogP contribution in [0.4, 0.5) is 0 Å². The highest BCUT2D eigenvalue weighted by Gasteiger charge is 2.79. The summed E-state index contributed by atoms with van der Waals surface area (Å²) in [5.41, 5.74) is -1.95. The van der Waals surface area contributed by atoms with Crippen molar-refractivity contribution in [2.75, 3.05) is 12.4 Å². The number of carbonyl (C=O) groups is 2. The summed E-state index contributed by atoms with van der Waals surface area (Å²) in [7, 11) is 0. The predicted molar refractivity (Wildman–Crippen MR) is 77.7 cm³/mol. The van der Waals surface area contributed by atoms with Crippen molar-refractivity contribution < 1.29 is 19.1 Å². The quantitative estimate of drug-likeness (QED) is 0.543. The van der Waals surface area contributed by atoms with Crippen LogP contribution in [-0.4, -0.2) is 51.8 Å². The molecule has 1 amide bonds. The molecule has 4 rings (SSSR count). The van der Waals surface area contributed by atoms with Crippen LogP contribution in [0.5, 0.6) is 0 Å². The highest BCUT2D eigenvalue weighted by molar-refractivity contribution is 8.00. The van der Waals surface area contributed by atoms with Crippen LogP contribution in [0.3, 0.4) is 0 Å². The smallest absolute Gasteiger partial charge is 0.336 e. The number of β-lactam (4-membered cyclic amide) rings is 1. The number of fused-ring (bicyclic) bond motifs is 3. The molecule has 4 saturated heterocycles. The van der Waals surface area contributed by atoms with E-state index in [0.717, 1.165) is 18.6 Å². The number of amides is 1. The van der Waals surface area contributed by atoms with E-state index in [1.807, 2.05) is 13.8 Å². The first kappa shape index (κ1) is 13.9. The van der Waals surface area contributed by atoms with Gasteiger partial charge in [-0.05, 0) is 26.7 Å². The van der Waals surface area contributed by atoms with Crippen LogP contribution in [-0.2, 0) is 19.1 Å². The zero-order valence-corrected chi connectivity index (χ0v) is 13.5. The minimum Gasteiger partial charge on any atom is -0.457 e. The molecule has 0 aromatic heterocycles. The molecule has 4 aliphatic rings. The number of ether oxygens (including phenoxy) is 2. The zero-order chi connectivity index (χ0) is 15.0. The minimum atomic E-state index is -0.932. The topological polar surface area (TPSA) is 55.8 Å². The Morgan fingerprint density at radius 2 is 2.05 bits per heavy atom. The van der Waals surface area contributed by atoms with Gasteiger partial charge in [0.25, 0.3) is 0 Å². The summed E-state index contributed by atoms with van der Waals surface area (Å²) in [6.07, 6.45) is 2.06. The number of hydrogen-bond donors (Lipinski definition) is 0. The van der Waals surface area contributed by atoms with Crippen LogP contribution >= 0.6 is 11.8 Å². The molecule has 21 heavy (non-hydrogen) atoms. The molecule has 0 aromatic rings. The largest absolute Gasteiger partial charge is 0.457 e. The molecule has 0 aliphatic carbocycles. The number of cyclic esters (lactones) is 1. The van der Waals surface area contributed by atoms with E-state index in [9.17, 15) is 9.59 Å². The van der Waals surface area contributed by atoms with Crippen molar-refractivity contribution in [1.29, 1.82) is 0 Å². The highest BCUT2D eigenvalue weighted by atomic mass is 32.2. The summed E-state index contributed by atoms with van der Waals surface area (Å²) in [6, 6.07) is 0. The fourth-order valence-corrected chi connectivity index (χ4v) is 6.30. The highest BCUT2D eigenvalue weighted by Crippen LogP contribution is 2.64. The number of esters is 1. The van der Waals surface area contributed by atoms with Gasteiger partial charge in [0.2, 0.25) is 5.91 Å². The molecule has 0 N–H and O–H groups in total. The maximum absolute atomic E-state index is 13.0. The Morgan fingerprint density at radius 3 is 2.67 bits per heavy atom. The van der Waals surface area contributed by atoms with Crippen molar-refractivity contribution in [3.8, 4) is 0 Å². The number of carbonyl (C=O) groups excluding carboxylic acids is 2. The normalized spacial score (nSPS) is 47.7. The zero-order valence-electron chi connectivity index (χ0n) is 12.7. The fourth-order valence-electron chi connectivity index (χ4n) is 4.51. The Morgan fingerprint density at radius 1 is 1.29 bits per heavy atom. The lowest BCUT2D eigenvalue weighted by Gasteiger charge is -2.61. The monoisotopic (exact) mass is 311 g/mol. The molecule has 4 atom stereocenters. The van der Waals surface area contributed by atoms with Crippen LogP contribution in [0.1, 0.15) is 40.0 Å². The summed E-state index contributed by atoms with van der Waals surface area (Å²) < 4.78 is 11.7. The van der Waals surface area contributed by atoms with Gasteiger partial charge < -0.3 is 14.4 Å². The average Bonchev–Trinajstić information content (AvgIpc) is 2.96. The Hall–Kier alpha value is -0.750. The summed E-state index contributed by atoms with van der Waals surface area (Å²) in [6.45, 7) is 6.68. The third-order valence-electron chi connectivity index (χ3n) is 6.08. The third-order valence-corrected chi connectivity index (χ3v) is 7.58. The van der Waals surface area contributed by atoms with E-state index >= 15 is 0 Å². The van der Waals surface area contributed by atoms with Gasteiger partial charge in [-0.2, -0.15) is 0 Å². The van der Waals surface area contributed by atoms with Crippen molar-refractivity contribution in [3.63, 3.8) is 0 Å². The van der Waals surface area contributed by atoms with Gasteiger partial charge in [-0.15, -0.1) is 11.8 Å². The minimum absolute atomic E-state index is 0.0589. The molecule has 0 spiro atoms. The first-order chi connectivity index (χ1) is 9.84. The van der Waals surface area contributed by atoms with E-state index in [0.29, 0.717) is 13.0 Å². The third kappa shape index (κ3) is 1.35. The number of nitrogens with zero attached hydrogens (tertiary/aromatic N) is 1. The summed E-state index contributed by atoms with van der Waals surface area (Å²) >= 11 is 1.77. The van der Waals surface area contributed by atoms with E-state index in [4.69, 9.17) is 9.47 Å². The number of thioether (sulfide) groups is 1. The number of hydrogen-bond acceptors (Lipinski definition) is 5. The van der Waals surface area contributed by atoms with E-state index in [-0.39, 0.29) is 23.4 Å². The first-order valence-electron chi connectivity index (χ1n) is 7.63. The Kier molecular flexibility index (Phi) is 2.62. The maximum Gasteiger partial charge on any atom is 0.336 e. The molecule has 5 nitrogen and oxygen atoms in total. The summed E-state index contributed by atoms with van der Waals surface area (Å²) in [5, 5.41) is 0.108. The van der Waals surface area contributed by atoms with Gasteiger partial charge >= 0.3 is 5.97 Å². The van der Waals surface area contributed by atoms with E-state index in [1.165, 1.54) is 0 Å².